The fourth-order valence-corrected chi connectivity index (χ4v) is 2.38. The Balaban J connectivity index is 2.28. The van der Waals surface area contributed by atoms with Crippen molar-refractivity contribution in [3.63, 3.8) is 0 Å². The third-order valence-corrected chi connectivity index (χ3v) is 3.61. The van der Waals surface area contributed by atoms with E-state index in [4.69, 9.17) is 4.74 Å². The molecule has 0 aromatic rings. The monoisotopic (exact) mass is 184 g/mol. The second-order valence-electron chi connectivity index (χ2n) is 4.85. The summed E-state index contributed by atoms with van der Waals surface area (Å²) in [4.78, 5) is 0. The highest BCUT2D eigenvalue weighted by molar-refractivity contribution is 4.82. The molecule has 1 fully saturated rings. The number of ether oxygens (including phenoxy) is 1. The van der Waals surface area contributed by atoms with Gasteiger partial charge in [0.1, 0.15) is 0 Å². The molecule has 1 heteroatoms. The van der Waals surface area contributed by atoms with Crippen molar-refractivity contribution in [3.05, 3.63) is 0 Å². The summed E-state index contributed by atoms with van der Waals surface area (Å²) in [6.45, 7) is 4.73. The highest BCUT2D eigenvalue weighted by Crippen LogP contribution is 2.40. The van der Waals surface area contributed by atoms with Gasteiger partial charge < -0.3 is 4.74 Å². The Morgan fingerprint density at radius 2 is 1.92 bits per heavy atom. The van der Waals surface area contributed by atoms with Crippen LogP contribution in [0.15, 0.2) is 0 Å². The zero-order valence-corrected chi connectivity index (χ0v) is 9.44. The lowest BCUT2D eigenvalue weighted by Gasteiger charge is -2.37. The molecule has 1 aliphatic rings. The SMILES string of the molecule is CCCCC1(C)CCC(OC)CC1. The van der Waals surface area contributed by atoms with E-state index in [1.54, 1.807) is 0 Å². The Labute approximate surface area is 82.9 Å². The van der Waals surface area contributed by atoms with E-state index in [-0.39, 0.29) is 0 Å². The Morgan fingerprint density at radius 3 is 2.38 bits per heavy atom. The maximum absolute atomic E-state index is 5.39. The molecular formula is C12H24O. The predicted octanol–water partition coefficient (Wildman–Crippen LogP) is 3.77. The van der Waals surface area contributed by atoms with Crippen molar-refractivity contribution < 1.29 is 4.74 Å². The third kappa shape index (κ3) is 3.30. The smallest absolute Gasteiger partial charge is 0.0571 e. The van der Waals surface area contributed by atoms with Gasteiger partial charge in [0.2, 0.25) is 0 Å². The van der Waals surface area contributed by atoms with Crippen molar-refractivity contribution in [2.24, 2.45) is 5.41 Å². The average Bonchev–Trinajstić information content (AvgIpc) is 2.16. The molecule has 78 valence electrons. The summed E-state index contributed by atoms with van der Waals surface area (Å²) in [7, 11) is 1.85. The zero-order valence-electron chi connectivity index (χ0n) is 9.44. The van der Waals surface area contributed by atoms with E-state index in [9.17, 15) is 0 Å². The molecule has 0 amide bonds. The van der Waals surface area contributed by atoms with Crippen LogP contribution in [0.3, 0.4) is 0 Å². The minimum Gasteiger partial charge on any atom is -0.381 e. The molecular weight excluding hydrogens is 160 g/mol. The van der Waals surface area contributed by atoms with Crippen molar-refractivity contribution in [1.82, 2.24) is 0 Å². The lowest BCUT2D eigenvalue weighted by Crippen LogP contribution is -2.28. The summed E-state index contributed by atoms with van der Waals surface area (Å²) in [5, 5.41) is 0. The van der Waals surface area contributed by atoms with Gasteiger partial charge in [-0.2, -0.15) is 0 Å². The molecule has 0 aromatic heterocycles. The van der Waals surface area contributed by atoms with Crippen LogP contribution in [0.25, 0.3) is 0 Å². The molecule has 13 heavy (non-hydrogen) atoms. The summed E-state index contributed by atoms with van der Waals surface area (Å²) >= 11 is 0. The van der Waals surface area contributed by atoms with Crippen molar-refractivity contribution in [2.75, 3.05) is 7.11 Å². The molecule has 0 unspecified atom stereocenters. The molecule has 0 atom stereocenters. The Morgan fingerprint density at radius 1 is 1.31 bits per heavy atom. The van der Waals surface area contributed by atoms with Crippen molar-refractivity contribution in [2.45, 2.75) is 64.9 Å². The molecule has 1 rings (SSSR count). The summed E-state index contributed by atoms with van der Waals surface area (Å²) in [6.07, 6.45) is 9.98. The second-order valence-corrected chi connectivity index (χ2v) is 4.85. The molecule has 0 N–H and O–H groups in total. The molecule has 0 aliphatic heterocycles. The Hall–Kier alpha value is -0.0400. The fraction of sp³-hybridized carbons (Fsp3) is 1.00. The lowest BCUT2D eigenvalue weighted by atomic mass is 9.72. The second kappa shape index (κ2) is 4.99. The highest BCUT2D eigenvalue weighted by Gasteiger charge is 2.30. The van der Waals surface area contributed by atoms with Gasteiger partial charge >= 0.3 is 0 Å². The molecule has 0 bridgehead atoms. The van der Waals surface area contributed by atoms with Crippen molar-refractivity contribution in [3.8, 4) is 0 Å². The van der Waals surface area contributed by atoms with Crippen LogP contribution in [-0.2, 0) is 4.74 Å². The lowest BCUT2D eigenvalue weighted by molar-refractivity contribution is 0.0290. The number of unbranched alkanes of at least 4 members (excludes halogenated alkanes) is 1. The Kier molecular flexibility index (Phi) is 4.24. The molecule has 0 spiro atoms. The molecule has 0 saturated heterocycles. The molecule has 0 radical (unpaired) electrons. The van der Waals surface area contributed by atoms with E-state index in [2.05, 4.69) is 13.8 Å². The summed E-state index contributed by atoms with van der Waals surface area (Å²) < 4.78 is 5.39. The van der Waals surface area contributed by atoms with Gasteiger partial charge in [0.25, 0.3) is 0 Å². The van der Waals surface area contributed by atoms with E-state index in [0.29, 0.717) is 11.5 Å². The van der Waals surface area contributed by atoms with Crippen LogP contribution in [0.1, 0.15) is 58.8 Å². The van der Waals surface area contributed by atoms with Crippen LogP contribution >= 0.6 is 0 Å². The summed E-state index contributed by atoms with van der Waals surface area (Å²) in [6, 6.07) is 0. The van der Waals surface area contributed by atoms with E-state index >= 15 is 0 Å². The first kappa shape index (κ1) is 11.0. The zero-order chi connectivity index (χ0) is 9.73. The van der Waals surface area contributed by atoms with Crippen LogP contribution in [-0.4, -0.2) is 13.2 Å². The van der Waals surface area contributed by atoms with Crippen LogP contribution in [0, 0.1) is 5.41 Å². The maximum atomic E-state index is 5.39. The molecule has 1 aliphatic carbocycles. The van der Waals surface area contributed by atoms with Gasteiger partial charge in [0, 0.05) is 7.11 Å². The quantitative estimate of drug-likeness (QED) is 0.646. The molecule has 1 nitrogen and oxygen atoms in total. The van der Waals surface area contributed by atoms with Crippen LogP contribution < -0.4 is 0 Å². The van der Waals surface area contributed by atoms with Gasteiger partial charge in [-0.15, -0.1) is 0 Å². The van der Waals surface area contributed by atoms with E-state index in [1.807, 2.05) is 7.11 Å². The number of hydrogen-bond donors (Lipinski definition) is 0. The number of hydrogen-bond acceptors (Lipinski definition) is 1. The van der Waals surface area contributed by atoms with Crippen molar-refractivity contribution in [1.29, 1.82) is 0 Å². The van der Waals surface area contributed by atoms with Crippen LogP contribution in [0.2, 0.25) is 0 Å². The minimum atomic E-state index is 0.551. The predicted molar refractivity (Wildman–Crippen MR) is 56.9 cm³/mol. The normalized spacial score (nSPS) is 34.8. The van der Waals surface area contributed by atoms with E-state index in [0.717, 1.165) is 0 Å². The standard InChI is InChI=1S/C12H24O/c1-4-5-8-12(2)9-6-11(13-3)7-10-12/h11H,4-10H2,1-3H3. The topological polar surface area (TPSA) is 9.23 Å². The van der Waals surface area contributed by atoms with Gasteiger partial charge in [-0.3, -0.25) is 0 Å². The highest BCUT2D eigenvalue weighted by atomic mass is 16.5. The van der Waals surface area contributed by atoms with Crippen LogP contribution in [0.5, 0.6) is 0 Å². The first-order valence-corrected chi connectivity index (χ1v) is 5.73. The third-order valence-electron chi connectivity index (χ3n) is 3.61. The maximum Gasteiger partial charge on any atom is 0.0571 e. The average molecular weight is 184 g/mol. The molecule has 0 aromatic carbocycles. The van der Waals surface area contributed by atoms with Gasteiger partial charge in [-0.1, -0.05) is 26.7 Å². The summed E-state index contributed by atoms with van der Waals surface area (Å²) in [5.74, 6) is 0. The van der Waals surface area contributed by atoms with Gasteiger partial charge in [-0.05, 0) is 37.5 Å². The molecule has 1 saturated carbocycles. The number of methoxy groups -OCH3 is 1. The Bertz CT molecular complexity index is 134. The van der Waals surface area contributed by atoms with Gasteiger partial charge in [-0.25, -0.2) is 0 Å². The van der Waals surface area contributed by atoms with Gasteiger partial charge in [0.15, 0.2) is 0 Å². The van der Waals surface area contributed by atoms with Crippen molar-refractivity contribution >= 4 is 0 Å². The first-order chi connectivity index (χ1) is 6.20. The largest absolute Gasteiger partial charge is 0.381 e. The summed E-state index contributed by atoms with van der Waals surface area (Å²) in [5.41, 5.74) is 0.630. The van der Waals surface area contributed by atoms with Gasteiger partial charge in [0.05, 0.1) is 6.10 Å². The first-order valence-electron chi connectivity index (χ1n) is 5.73. The van der Waals surface area contributed by atoms with Crippen LogP contribution in [0.4, 0.5) is 0 Å². The number of rotatable bonds is 4. The van der Waals surface area contributed by atoms with E-state index < -0.39 is 0 Å². The molecule has 0 heterocycles. The minimum absolute atomic E-state index is 0.551. The fourth-order valence-electron chi connectivity index (χ4n) is 2.38. The van der Waals surface area contributed by atoms with E-state index in [1.165, 1.54) is 44.9 Å².